The molecule has 0 radical (unpaired) electrons. The van der Waals surface area contributed by atoms with Gasteiger partial charge in [-0.15, -0.1) is 0 Å². The van der Waals surface area contributed by atoms with Crippen molar-refractivity contribution in [1.29, 1.82) is 0 Å². The summed E-state index contributed by atoms with van der Waals surface area (Å²) in [4.78, 5) is 38.4. The molecule has 1 aromatic heterocycles. The largest absolute Gasteiger partial charge is 0.472 e. The summed E-state index contributed by atoms with van der Waals surface area (Å²) in [6.07, 6.45) is 3.75. The third kappa shape index (κ3) is 5.85. The van der Waals surface area contributed by atoms with Crippen LogP contribution in [-0.4, -0.2) is 47.5 Å². The van der Waals surface area contributed by atoms with Gasteiger partial charge in [0.1, 0.15) is 11.9 Å². The molecule has 1 saturated heterocycles. The number of anilines is 1. The first-order chi connectivity index (χ1) is 14.2. The van der Waals surface area contributed by atoms with E-state index in [0.717, 1.165) is 0 Å². The van der Waals surface area contributed by atoms with Crippen LogP contribution in [0.25, 0.3) is 0 Å². The quantitative estimate of drug-likeness (QED) is 0.797. The lowest BCUT2D eigenvalue weighted by molar-refractivity contribution is 0.0634. The number of amides is 3. The first-order valence-electron chi connectivity index (χ1n) is 9.94. The van der Waals surface area contributed by atoms with Crippen molar-refractivity contribution in [3.05, 3.63) is 54.0 Å². The molecule has 30 heavy (non-hydrogen) atoms. The van der Waals surface area contributed by atoms with Gasteiger partial charge in [-0.3, -0.25) is 14.9 Å². The maximum Gasteiger partial charge on any atom is 0.412 e. The molecule has 2 N–H and O–H groups in total. The first-order valence-corrected chi connectivity index (χ1v) is 9.94. The molecule has 1 fully saturated rings. The van der Waals surface area contributed by atoms with Crippen LogP contribution in [0.3, 0.4) is 0 Å². The Morgan fingerprint density at radius 3 is 2.27 bits per heavy atom. The molecule has 0 bridgehead atoms. The monoisotopic (exact) mass is 413 g/mol. The molecule has 2 aromatic rings. The number of rotatable bonds is 4. The molecular formula is C22H27N3O5. The van der Waals surface area contributed by atoms with E-state index in [1.54, 1.807) is 56.0 Å². The second-order valence-corrected chi connectivity index (χ2v) is 8.26. The van der Waals surface area contributed by atoms with Crippen LogP contribution < -0.4 is 10.6 Å². The molecule has 1 aliphatic rings. The first kappa shape index (κ1) is 21.4. The average Bonchev–Trinajstić information content (AvgIpc) is 3.22. The summed E-state index contributed by atoms with van der Waals surface area (Å²) >= 11 is 0. The molecule has 1 aliphatic heterocycles. The number of ether oxygens (including phenoxy) is 1. The average molecular weight is 413 g/mol. The Morgan fingerprint density at radius 2 is 1.70 bits per heavy atom. The molecule has 3 rings (SSSR count). The normalized spacial score (nSPS) is 14.8. The van der Waals surface area contributed by atoms with Gasteiger partial charge in [0.15, 0.2) is 0 Å². The highest BCUT2D eigenvalue weighted by molar-refractivity contribution is 5.95. The number of nitrogens with zero attached hydrogens (tertiary/aromatic N) is 1. The molecule has 160 valence electrons. The second kappa shape index (κ2) is 9.02. The van der Waals surface area contributed by atoms with Gasteiger partial charge in [-0.2, -0.15) is 0 Å². The Labute approximate surface area is 175 Å². The van der Waals surface area contributed by atoms with Gasteiger partial charge < -0.3 is 19.4 Å². The van der Waals surface area contributed by atoms with Gasteiger partial charge in [0.2, 0.25) is 0 Å². The smallest absolute Gasteiger partial charge is 0.412 e. The number of hydrogen-bond acceptors (Lipinski definition) is 5. The van der Waals surface area contributed by atoms with Gasteiger partial charge in [0, 0.05) is 30.4 Å². The van der Waals surface area contributed by atoms with E-state index in [9.17, 15) is 14.4 Å². The van der Waals surface area contributed by atoms with Crippen LogP contribution in [0.4, 0.5) is 10.5 Å². The topological polar surface area (TPSA) is 101 Å². The standard InChI is InChI=1S/C22H27N3O5/c1-22(2,3)30-21(28)24-17-6-4-15(5-7-17)19(26)23-18-8-11-25(12-9-18)20(27)16-10-13-29-14-16/h4-7,10,13-14,18H,8-9,11-12H2,1-3H3,(H,23,26)(H,24,28). The van der Waals surface area contributed by atoms with Crippen molar-refractivity contribution in [2.45, 2.75) is 45.3 Å². The minimum atomic E-state index is -0.581. The van der Waals surface area contributed by atoms with Crippen LogP contribution in [0.5, 0.6) is 0 Å². The fourth-order valence-corrected chi connectivity index (χ4v) is 3.19. The van der Waals surface area contributed by atoms with E-state index in [1.165, 1.54) is 12.5 Å². The minimum Gasteiger partial charge on any atom is -0.472 e. The molecule has 8 nitrogen and oxygen atoms in total. The van der Waals surface area contributed by atoms with Gasteiger partial charge in [0.25, 0.3) is 11.8 Å². The number of carbonyl (C=O) groups excluding carboxylic acids is 3. The number of nitrogens with one attached hydrogen (secondary N) is 2. The van der Waals surface area contributed by atoms with E-state index in [2.05, 4.69) is 10.6 Å². The summed E-state index contributed by atoms with van der Waals surface area (Å²) in [7, 11) is 0. The maximum atomic E-state index is 12.5. The number of piperidine rings is 1. The third-order valence-electron chi connectivity index (χ3n) is 4.68. The molecule has 2 heterocycles. The molecule has 0 atom stereocenters. The zero-order chi connectivity index (χ0) is 21.7. The van der Waals surface area contributed by atoms with Crippen molar-refractivity contribution in [2.24, 2.45) is 0 Å². The number of benzene rings is 1. The molecule has 8 heteroatoms. The highest BCUT2D eigenvalue weighted by Gasteiger charge is 2.25. The van der Waals surface area contributed by atoms with Crippen molar-refractivity contribution >= 4 is 23.6 Å². The van der Waals surface area contributed by atoms with Crippen molar-refractivity contribution < 1.29 is 23.5 Å². The highest BCUT2D eigenvalue weighted by Crippen LogP contribution is 2.16. The van der Waals surface area contributed by atoms with E-state index in [-0.39, 0.29) is 17.9 Å². The number of likely N-dealkylation sites (tertiary alicyclic amines) is 1. The summed E-state index contributed by atoms with van der Waals surface area (Å²) in [5, 5.41) is 5.65. The van der Waals surface area contributed by atoms with Crippen LogP contribution in [0.1, 0.15) is 54.3 Å². The van der Waals surface area contributed by atoms with Crippen molar-refractivity contribution in [2.75, 3.05) is 18.4 Å². The molecule has 0 spiro atoms. The van der Waals surface area contributed by atoms with Gasteiger partial charge >= 0.3 is 6.09 Å². The van der Waals surface area contributed by atoms with E-state index < -0.39 is 11.7 Å². The van der Waals surface area contributed by atoms with Crippen LogP contribution in [0.15, 0.2) is 47.3 Å². The van der Waals surface area contributed by atoms with E-state index in [1.807, 2.05) is 0 Å². The predicted molar refractivity (Wildman–Crippen MR) is 111 cm³/mol. The zero-order valence-corrected chi connectivity index (χ0v) is 17.4. The summed E-state index contributed by atoms with van der Waals surface area (Å²) in [5.41, 5.74) is 1.01. The number of hydrogen-bond donors (Lipinski definition) is 2. The summed E-state index contributed by atoms with van der Waals surface area (Å²) in [5.74, 6) is -0.236. The predicted octanol–water partition coefficient (Wildman–Crippen LogP) is 3.66. The van der Waals surface area contributed by atoms with Crippen molar-refractivity contribution in [1.82, 2.24) is 10.2 Å². The lowest BCUT2D eigenvalue weighted by Crippen LogP contribution is -2.46. The lowest BCUT2D eigenvalue weighted by atomic mass is 10.0. The van der Waals surface area contributed by atoms with Crippen LogP contribution in [0.2, 0.25) is 0 Å². The van der Waals surface area contributed by atoms with E-state index in [4.69, 9.17) is 9.15 Å². The van der Waals surface area contributed by atoms with Gasteiger partial charge in [-0.25, -0.2) is 4.79 Å². The van der Waals surface area contributed by atoms with E-state index in [0.29, 0.717) is 42.7 Å². The SMILES string of the molecule is CC(C)(C)OC(=O)Nc1ccc(C(=O)NC2CCN(C(=O)c3ccoc3)CC2)cc1. The minimum absolute atomic E-state index is 0.00506. The summed E-state index contributed by atoms with van der Waals surface area (Å²) < 4.78 is 10.2. The fourth-order valence-electron chi connectivity index (χ4n) is 3.19. The molecule has 0 saturated carbocycles. The third-order valence-corrected chi connectivity index (χ3v) is 4.68. The number of furan rings is 1. The van der Waals surface area contributed by atoms with Crippen LogP contribution in [0, 0.1) is 0 Å². The van der Waals surface area contributed by atoms with Crippen molar-refractivity contribution in [3.63, 3.8) is 0 Å². The van der Waals surface area contributed by atoms with Gasteiger partial charge in [-0.1, -0.05) is 0 Å². The van der Waals surface area contributed by atoms with Crippen LogP contribution >= 0.6 is 0 Å². The summed E-state index contributed by atoms with van der Waals surface area (Å²) in [6.45, 7) is 6.52. The maximum absolute atomic E-state index is 12.5. The van der Waals surface area contributed by atoms with Gasteiger partial charge in [-0.05, 0) is 63.9 Å². The molecule has 3 amide bonds. The highest BCUT2D eigenvalue weighted by atomic mass is 16.6. The number of carbonyl (C=O) groups is 3. The van der Waals surface area contributed by atoms with Crippen molar-refractivity contribution in [3.8, 4) is 0 Å². The molecular weight excluding hydrogens is 386 g/mol. The lowest BCUT2D eigenvalue weighted by Gasteiger charge is -2.32. The molecule has 0 aliphatic carbocycles. The Bertz CT molecular complexity index is 876. The second-order valence-electron chi connectivity index (χ2n) is 8.26. The van der Waals surface area contributed by atoms with Crippen LogP contribution in [-0.2, 0) is 4.74 Å². The fraction of sp³-hybridized carbons (Fsp3) is 0.409. The van der Waals surface area contributed by atoms with Gasteiger partial charge in [0.05, 0.1) is 11.8 Å². The Morgan fingerprint density at radius 1 is 1.03 bits per heavy atom. The Balaban J connectivity index is 1.47. The van der Waals surface area contributed by atoms with E-state index >= 15 is 0 Å². The Hall–Kier alpha value is -3.29. The molecule has 1 aromatic carbocycles. The molecule has 0 unspecified atom stereocenters. The zero-order valence-electron chi connectivity index (χ0n) is 17.4. The summed E-state index contributed by atoms with van der Waals surface area (Å²) in [6, 6.07) is 8.28. The Kier molecular flexibility index (Phi) is 6.44.